The maximum atomic E-state index is 3.55. The third kappa shape index (κ3) is 4.95. The van der Waals surface area contributed by atoms with E-state index in [2.05, 4.69) is 60.3 Å². The van der Waals surface area contributed by atoms with Gasteiger partial charge in [-0.05, 0) is 41.4 Å². The molecule has 2 N–H and O–H groups in total. The van der Waals surface area contributed by atoms with Gasteiger partial charge in [0.05, 0.1) is 3.79 Å². The lowest BCUT2D eigenvalue weighted by Crippen LogP contribution is -2.38. The van der Waals surface area contributed by atoms with Gasteiger partial charge in [0.2, 0.25) is 0 Å². The summed E-state index contributed by atoms with van der Waals surface area (Å²) in [6.45, 7) is 10.7. The molecule has 0 aliphatic carbocycles. The van der Waals surface area contributed by atoms with Crippen molar-refractivity contribution in [1.29, 1.82) is 0 Å². The van der Waals surface area contributed by atoms with Crippen LogP contribution in [0.4, 0.5) is 0 Å². The molecule has 0 amide bonds. The van der Waals surface area contributed by atoms with Gasteiger partial charge in [-0.25, -0.2) is 0 Å². The van der Waals surface area contributed by atoms with Crippen molar-refractivity contribution < 1.29 is 0 Å². The predicted molar refractivity (Wildman–Crippen MR) is 76.2 cm³/mol. The Labute approximate surface area is 111 Å². The SMILES string of the molecule is Cc1cc(CNC(C)CNC(C)C)sc1Br. The van der Waals surface area contributed by atoms with E-state index in [0.29, 0.717) is 12.1 Å². The van der Waals surface area contributed by atoms with Crippen LogP contribution in [-0.4, -0.2) is 18.6 Å². The van der Waals surface area contributed by atoms with Crippen molar-refractivity contribution in [3.8, 4) is 0 Å². The summed E-state index contributed by atoms with van der Waals surface area (Å²) in [7, 11) is 0. The number of hydrogen-bond donors (Lipinski definition) is 2. The lowest BCUT2D eigenvalue weighted by molar-refractivity contribution is 0.475. The normalized spacial score (nSPS) is 13.4. The molecule has 2 nitrogen and oxygen atoms in total. The summed E-state index contributed by atoms with van der Waals surface area (Å²) >= 11 is 5.37. The molecule has 0 aromatic carbocycles. The zero-order valence-electron chi connectivity index (χ0n) is 10.4. The summed E-state index contributed by atoms with van der Waals surface area (Å²) < 4.78 is 1.25. The third-order valence-corrected chi connectivity index (χ3v) is 4.50. The molecule has 0 saturated carbocycles. The maximum Gasteiger partial charge on any atom is 0.0730 e. The van der Waals surface area contributed by atoms with Crippen molar-refractivity contribution in [3.05, 3.63) is 20.3 Å². The molecule has 1 aromatic rings. The average Bonchev–Trinajstić information content (AvgIpc) is 2.52. The predicted octanol–water partition coefficient (Wildman–Crippen LogP) is 3.30. The topological polar surface area (TPSA) is 24.1 Å². The summed E-state index contributed by atoms with van der Waals surface area (Å²) in [4.78, 5) is 1.39. The zero-order valence-corrected chi connectivity index (χ0v) is 12.8. The van der Waals surface area contributed by atoms with Crippen LogP contribution in [0.15, 0.2) is 9.85 Å². The minimum atomic E-state index is 0.503. The molecule has 0 saturated heterocycles. The van der Waals surface area contributed by atoms with Crippen LogP contribution in [0.2, 0.25) is 0 Å². The Balaban J connectivity index is 2.28. The van der Waals surface area contributed by atoms with Gasteiger partial charge in [0.25, 0.3) is 0 Å². The third-order valence-electron chi connectivity index (χ3n) is 2.37. The molecule has 1 heterocycles. The van der Waals surface area contributed by atoms with Gasteiger partial charge in [0.15, 0.2) is 0 Å². The second kappa shape index (κ2) is 6.74. The fraction of sp³-hybridized carbons (Fsp3) is 0.667. The first-order valence-electron chi connectivity index (χ1n) is 5.70. The Bertz CT molecular complexity index is 303. The summed E-state index contributed by atoms with van der Waals surface area (Å²) in [6.07, 6.45) is 0. The Morgan fingerprint density at radius 1 is 1.31 bits per heavy atom. The molecular formula is C12H21BrN2S. The highest BCUT2D eigenvalue weighted by Gasteiger charge is 2.05. The second-order valence-electron chi connectivity index (χ2n) is 4.51. The minimum Gasteiger partial charge on any atom is -0.313 e. The number of hydrogen-bond acceptors (Lipinski definition) is 3. The first-order valence-corrected chi connectivity index (χ1v) is 7.31. The Morgan fingerprint density at radius 3 is 2.50 bits per heavy atom. The molecule has 0 bridgehead atoms. The number of halogens is 1. The van der Waals surface area contributed by atoms with Crippen LogP contribution in [-0.2, 0) is 6.54 Å². The van der Waals surface area contributed by atoms with Gasteiger partial charge >= 0.3 is 0 Å². The zero-order chi connectivity index (χ0) is 12.1. The van der Waals surface area contributed by atoms with Crippen LogP contribution in [0.1, 0.15) is 31.2 Å². The van der Waals surface area contributed by atoms with E-state index in [1.54, 1.807) is 0 Å². The average molecular weight is 305 g/mol. The van der Waals surface area contributed by atoms with Gasteiger partial charge in [-0.3, -0.25) is 0 Å². The van der Waals surface area contributed by atoms with Crippen molar-refractivity contribution in [3.63, 3.8) is 0 Å². The molecule has 1 rings (SSSR count). The van der Waals surface area contributed by atoms with Crippen molar-refractivity contribution in [2.24, 2.45) is 0 Å². The largest absolute Gasteiger partial charge is 0.313 e. The quantitative estimate of drug-likeness (QED) is 0.843. The van der Waals surface area contributed by atoms with E-state index in [1.807, 2.05) is 11.3 Å². The number of thiophene rings is 1. The van der Waals surface area contributed by atoms with Gasteiger partial charge in [-0.2, -0.15) is 0 Å². The molecule has 0 aliphatic rings. The van der Waals surface area contributed by atoms with E-state index in [0.717, 1.165) is 13.1 Å². The molecule has 4 heteroatoms. The molecule has 1 aromatic heterocycles. The fourth-order valence-corrected chi connectivity index (χ4v) is 2.95. The van der Waals surface area contributed by atoms with Crippen molar-refractivity contribution in [2.45, 2.75) is 46.3 Å². The first-order chi connectivity index (χ1) is 7.49. The molecule has 1 unspecified atom stereocenters. The molecule has 0 fully saturated rings. The van der Waals surface area contributed by atoms with Gasteiger partial charge in [0, 0.05) is 30.1 Å². The van der Waals surface area contributed by atoms with Crippen LogP contribution < -0.4 is 10.6 Å². The molecule has 0 aliphatic heterocycles. The van der Waals surface area contributed by atoms with E-state index in [9.17, 15) is 0 Å². The maximum absolute atomic E-state index is 3.55. The molecule has 0 spiro atoms. The van der Waals surface area contributed by atoms with E-state index < -0.39 is 0 Å². The molecule has 0 radical (unpaired) electrons. The van der Waals surface area contributed by atoms with Crippen molar-refractivity contribution in [1.82, 2.24) is 10.6 Å². The number of nitrogens with one attached hydrogen (secondary N) is 2. The lowest BCUT2D eigenvalue weighted by Gasteiger charge is -2.15. The second-order valence-corrected chi connectivity index (χ2v) is 6.97. The van der Waals surface area contributed by atoms with E-state index in [1.165, 1.54) is 14.2 Å². The highest BCUT2D eigenvalue weighted by atomic mass is 79.9. The van der Waals surface area contributed by atoms with Crippen LogP contribution in [0.25, 0.3) is 0 Å². The van der Waals surface area contributed by atoms with E-state index >= 15 is 0 Å². The van der Waals surface area contributed by atoms with Gasteiger partial charge in [-0.1, -0.05) is 13.8 Å². The standard InChI is InChI=1S/C12H21BrN2S/c1-8(2)14-6-10(4)15-7-11-5-9(3)12(13)16-11/h5,8,10,14-15H,6-7H2,1-4H3. The molecule has 1 atom stereocenters. The smallest absolute Gasteiger partial charge is 0.0730 e. The highest BCUT2D eigenvalue weighted by Crippen LogP contribution is 2.27. The van der Waals surface area contributed by atoms with Crippen molar-refractivity contribution >= 4 is 27.3 Å². The number of aryl methyl sites for hydroxylation is 1. The monoisotopic (exact) mass is 304 g/mol. The molecule has 16 heavy (non-hydrogen) atoms. The summed E-state index contributed by atoms with van der Waals surface area (Å²) in [5, 5.41) is 6.95. The summed E-state index contributed by atoms with van der Waals surface area (Å²) in [5.74, 6) is 0. The van der Waals surface area contributed by atoms with Gasteiger partial charge < -0.3 is 10.6 Å². The Hall–Kier alpha value is 0.100. The molecular weight excluding hydrogens is 284 g/mol. The van der Waals surface area contributed by atoms with Gasteiger partial charge in [0.1, 0.15) is 0 Å². The molecule has 92 valence electrons. The summed E-state index contributed by atoms with van der Waals surface area (Å²) in [6, 6.07) is 3.30. The minimum absolute atomic E-state index is 0.503. The van der Waals surface area contributed by atoms with Crippen LogP contribution in [0.5, 0.6) is 0 Å². The number of rotatable bonds is 6. The first kappa shape index (κ1) is 14.2. The van der Waals surface area contributed by atoms with Crippen LogP contribution in [0.3, 0.4) is 0 Å². The van der Waals surface area contributed by atoms with Gasteiger partial charge in [-0.15, -0.1) is 11.3 Å². The van der Waals surface area contributed by atoms with Crippen LogP contribution >= 0.6 is 27.3 Å². The summed E-state index contributed by atoms with van der Waals surface area (Å²) in [5.41, 5.74) is 1.33. The van der Waals surface area contributed by atoms with Crippen molar-refractivity contribution in [2.75, 3.05) is 6.54 Å². The highest BCUT2D eigenvalue weighted by molar-refractivity contribution is 9.11. The Kier molecular flexibility index (Phi) is 5.97. The van der Waals surface area contributed by atoms with E-state index in [-0.39, 0.29) is 0 Å². The lowest BCUT2D eigenvalue weighted by atomic mass is 10.3. The fourth-order valence-electron chi connectivity index (χ4n) is 1.37. The van der Waals surface area contributed by atoms with Crippen LogP contribution in [0, 0.1) is 6.92 Å². The van der Waals surface area contributed by atoms with E-state index in [4.69, 9.17) is 0 Å². The Morgan fingerprint density at radius 2 is 2.00 bits per heavy atom.